The van der Waals surface area contributed by atoms with Crippen LogP contribution >= 0.6 is 24.2 Å². The molecule has 0 aliphatic heterocycles. The van der Waals surface area contributed by atoms with Crippen LogP contribution in [-0.2, 0) is 9.59 Å². The predicted molar refractivity (Wildman–Crippen MR) is 85.1 cm³/mol. The van der Waals surface area contributed by atoms with Gasteiger partial charge in [-0.15, -0.1) is 0 Å². The Kier molecular flexibility index (Phi) is 7.34. The van der Waals surface area contributed by atoms with Gasteiger partial charge in [0, 0.05) is 16.8 Å². The normalized spacial score (nSPS) is 11.0. The predicted octanol–water partition coefficient (Wildman–Crippen LogP) is 2.64. The molecule has 0 saturated heterocycles. The van der Waals surface area contributed by atoms with Gasteiger partial charge < -0.3 is 10.2 Å². The highest BCUT2D eigenvalue weighted by Crippen LogP contribution is 2.18. The summed E-state index contributed by atoms with van der Waals surface area (Å²) in [7, 11) is 0. The maximum Gasteiger partial charge on any atom is 0.316 e. The van der Waals surface area contributed by atoms with Crippen LogP contribution in [0.5, 0.6) is 0 Å². The zero-order valence-electron chi connectivity index (χ0n) is 11.3. The van der Waals surface area contributed by atoms with Crippen molar-refractivity contribution in [2.75, 3.05) is 0 Å². The van der Waals surface area contributed by atoms with Crippen molar-refractivity contribution in [3.63, 3.8) is 0 Å². The number of benzene rings is 1. The van der Waals surface area contributed by atoms with Crippen molar-refractivity contribution in [1.29, 1.82) is 0 Å². The smallest absolute Gasteiger partial charge is 0.316 e. The van der Waals surface area contributed by atoms with Gasteiger partial charge in [-0.05, 0) is 18.2 Å². The zero-order chi connectivity index (χ0) is 16.5. The van der Waals surface area contributed by atoms with Crippen LogP contribution < -0.4 is 0 Å². The molecule has 0 saturated carbocycles. The molecule has 0 spiro atoms. The highest BCUT2D eigenvalue weighted by atomic mass is 35.5. The molecule has 8 heteroatoms. The molecule has 116 valence electrons. The lowest BCUT2D eigenvalue weighted by Gasteiger charge is -1.98. The molecule has 6 nitrogen and oxygen atoms in total. The van der Waals surface area contributed by atoms with Gasteiger partial charge in [0.2, 0.25) is 0 Å². The maximum absolute atomic E-state index is 9.90. The Hall–Kier alpha value is -2.12. The van der Waals surface area contributed by atoms with E-state index in [9.17, 15) is 9.59 Å². The first-order valence-corrected chi connectivity index (χ1v) is 6.94. The monoisotopic (exact) mass is 340 g/mol. The third-order valence-corrected chi connectivity index (χ3v) is 3.03. The Morgan fingerprint density at radius 3 is 2.23 bits per heavy atom. The van der Waals surface area contributed by atoms with Crippen LogP contribution in [0.4, 0.5) is 0 Å². The second-order valence-electron chi connectivity index (χ2n) is 4.05. The van der Waals surface area contributed by atoms with Crippen LogP contribution in [0.3, 0.4) is 0 Å². The molecular weight excluding hydrogens is 328 g/mol. The quantitative estimate of drug-likeness (QED) is 0.740. The van der Waals surface area contributed by atoms with Gasteiger partial charge in [0.25, 0.3) is 0 Å². The number of carbonyl (C=O) groups is 2. The SMILES string of the molecule is Clc1ccc(-c2ccncn2)cc1.O=C(O)CC(S)C(=O)O. The Morgan fingerprint density at radius 1 is 1.18 bits per heavy atom. The molecule has 1 aromatic heterocycles. The van der Waals surface area contributed by atoms with E-state index in [1.807, 2.05) is 30.3 Å². The van der Waals surface area contributed by atoms with Crippen molar-refractivity contribution in [2.24, 2.45) is 0 Å². The van der Waals surface area contributed by atoms with Crippen LogP contribution in [-0.4, -0.2) is 37.4 Å². The molecule has 0 radical (unpaired) electrons. The minimum absolute atomic E-state index is 0.446. The van der Waals surface area contributed by atoms with Crippen LogP contribution in [0.1, 0.15) is 6.42 Å². The first kappa shape index (κ1) is 17.9. The van der Waals surface area contributed by atoms with Crippen molar-refractivity contribution in [3.05, 3.63) is 47.9 Å². The summed E-state index contributed by atoms with van der Waals surface area (Å²) >= 11 is 9.25. The number of aliphatic carboxylic acids is 2. The number of hydrogen-bond donors (Lipinski definition) is 3. The summed E-state index contributed by atoms with van der Waals surface area (Å²) in [6.45, 7) is 0. The fourth-order valence-electron chi connectivity index (χ4n) is 1.33. The van der Waals surface area contributed by atoms with Gasteiger partial charge in [-0.1, -0.05) is 23.7 Å². The van der Waals surface area contributed by atoms with E-state index in [1.54, 1.807) is 6.20 Å². The van der Waals surface area contributed by atoms with Gasteiger partial charge in [-0.3, -0.25) is 9.59 Å². The van der Waals surface area contributed by atoms with E-state index in [2.05, 4.69) is 22.6 Å². The lowest BCUT2D eigenvalue weighted by Crippen LogP contribution is -2.17. The van der Waals surface area contributed by atoms with E-state index < -0.39 is 23.6 Å². The molecule has 0 aliphatic carbocycles. The van der Waals surface area contributed by atoms with E-state index in [1.165, 1.54) is 6.33 Å². The fourth-order valence-corrected chi connectivity index (χ4v) is 1.62. The summed E-state index contributed by atoms with van der Waals surface area (Å²) in [6.07, 6.45) is 2.80. The number of carboxylic acids is 2. The number of aromatic nitrogens is 2. The molecule has 1 heterocycles. The standard InChI is InChI=1S/C10H7ClN2.C4H6O4S/c11-9-3-1-8(2-4-9)10-5-6-12-7-13-10;5-3(6)1-2(9)4(7)8/h1-7H;2,9H,1H2,(H,5,6)(H,7,8). The Labute approximate surface area is 137 Å². The number of carboxylic acid groups (broad SMARTS) is 2. The van der Waals surface area contributed by atoms with Crippen molar-refractivity contribution in [2.45, 2.75) is 11.7 Å². The number of hydrogen-bond acceptors (Lipinski definition) is 5. The first-order valence-electron chi connectivity index (χ1n) is 6.04. The Bertz CT molecular complexity index is 622. The molecular formula is C14H13ClN2O4S. The van der Waals surface area contributed by atoms with Gasteiger partial charge in [-0.2, -0.15) is 12.6 Å². The average Bonchev–Trinajstić information content (AvgIpc) is 2.49. The first-order chi connectivity index (χ1) is 10.4. The fraction of sp³-hybridized carbons (Fsp3) is 0.143. The largest absolute Gasteiger partial charge is 0.481 e. The minimum atomic E-state index is -1.21. The van der Waals surface area contributed by atoms with Crippen LogP contribution in [0.2, 0.25) is 5.02 Å². The molecule has 1 unspecified atom stereocenters. The summed E-state index contributed by atoms with van der Waals surface area (Å²) in [4.78, 5) is 27.7. The average molecular weight is 341 g/mol. The summed E-state index contributed by atoms with van der Waals surface area (Å²) in [5.41, 5.74) is 1.96. The molecule has 2 rings (SSSR count). The summed E-state index contributed by atoms with van der Waals surface area (Å²) < 4.78 is 0. The van der Waals surface area contributed by atoms with Crippen molar-refractivity contribution in [1.82, 2.24) is 9.97 Å². The molecule has 2 aromatic rings. The highest BCUT2D eigenvalue weighted by molar-refractivity contribution is 7.81. The van der Waals surface area contributed by atoms with E-state index in [0.717, 1.165) is 16.3 Å². The van der Waals surface area contributed by atoms with E-state index in [4.69, 9.17) is 21.8 Å². The topological polar surface area (TPSA) is 100 Å². The van der Waals surface area contributed by atoms with Crippen molar-refractivity contribution < 1.29 is 19.8 Å². The van der Waals surface area contributed by atoms with E-state index in [0.29, 0.717) is 0 Å². The third-order valence-electron chi connectivity index (χ3n) is 2.37. The number of thiol groups is 1. The molecule has 0 bridgehead atoms. The second kappa shape index (κ2) is 9.01. The third kappa shape index (κ3) is 6.55. The minimum Gasteiger partial charge on any atom is -0.481 e. The van der Waals surface area contributed by atoms with Gasteiger partial charge >= 0.3 is 11.9 Å². The molecule has 1 aromatic carbocycles. The molecule has 0 amide bonds. The van der Waals surface area contributed by atoms with Gasteiger partial charge in [0.05, 0.1) is 12.1 Å². The molecule has 0 fully saturated rings. The molecule has 2 N–H and O–H groups in total. The summed E-state index contributed by atoms with van der Waals surface area (Å²) in [5, 5.41) is 15.8. The summed E-state index contributed by atoms with van der Waals surface area (Å²) in [5.74, 6) is -2.36. The van der Waals surface area contributed by atoms with E-state index in [-0.39, 0.29) is 0 Å². The van der Waals surface area contributed by atoms with Crippen LogP contribution in [0.15, 0.2) is 42.9 Å². The lowest BCUT2D eigenvalue weighted by molar-refractivity contribution is -0.142. The van der Waals surface area contributed by atoms with Gasteiger partial charge in [0.1, 0.15) is 11.6 Å². The Morgan fingerprint density at radius 2 is 1.82 bits per heavy atom. The second-order valence-corrected chi connectivity index (χ2v) is 5.11. The Balaban J connectivity index is 0.000000239. The van der Waals surface area contributed by atoms with Crippen LogP contribution in [0, 0.1) is 0 Å². The number of nitrogens with zero attached hydrogens (tertiary/aromatic N) is 2. The van der Waals surface area contributed by atoms with Gasteiger partial charge in [-0.25, -0.2) is 9.97 Å². The number of halogens is 1. The van der Waals surface area contributed by atoms with E-state index >= 15 is 0 Å². The van der Waals surface area contributed by atoms with Crippen molar-refractivity contribution >= 4 is 36.2 Å². The summed E-state index contributed by atoms with van der Waals surface area (Å²) in [6, 6.07) is 9.43. The lowest BCUT2D eigenvalue weighted by atomic mass is 10.1. The molecule has 1 atom stereocenters. The van der Waals surface area contributed by atoms with Gasteiger partial charge in [0.15, 0.2) is 0 Å². The molecule has 22 heavy (non-hydrogen) atoms. The number of rotatable bonds is 4. The molecule has 0 aliphatic rings. The van der Waals surface area contributed by atoms with Crippen LogP contribution in [0.25, 0.3) is 11.3 Å². The van der Waals surface area contributed by atoms with Crippen molar-refractivity contribution in [3.8, 4) is 11.3 Å². The zero-order valence-corrected chi connectivity index (χ0v) is 12.9. The maximum atomic E-state index is 9.90. The highest BCUT2D eigenvalue weighted by Gasteiger charge is 2.15.